The Balaban J connectivity index is 1.93. The zero-order chi connectivity index (χ0) is 13.6. The predicted octanol–water partition coefficient (Wildman–Crippen LogP) is 1.72. The van der Waals surface area contributed by atoms with E-state index in [2.05, 4.69) is 0 Å². The van der Waals surface area contributed by atoms with Crippen LogP contribution in [0.15, 0.2) is 18.2 Å². The number of carboxylic acids is 1. The lowest BCUT2D eigenvalue weighted by molar-refractivity contribution is -0.135. The first-order valence-electron chi connectivity index (χ1n) is 6.62. The Hall–Kier alpha value is -1.84. The standard InChI is InChI=1S/C15H17NO3/c1-16-7-6-15(14(16)19)5-4-10-8-11(13(17)18)2-3-12(10)9-15/h2-3,8H,4-7,9H2,1H3,(H,17,18)/t15-/m0/s1. The molecule has 0 radical (unpaired) electrons. The number of aromatic carboxylic acids is 1. The van der Waals surface area contributed by atoms with E-state index in [0.717, 1.165) is 43.4 Å². The van der Waals surface area contributed by atoms with Gasteiger partial charge in [-0.05, 0) is 48.9 Å². The van der Waals surface area contributed by atoms with E-state index in [1.807, 2.05) is 18.0 Å². The molecule has 0 saturated carbocycles. The van der Waals surface area contributed by atoms with Crippen molar-refractivity contribution in [3.63, 3.8) is 0 Å². The molecule has 1 aliphatic heterocycles. The minimum atomic E-state index is -0.889. The number of amides is 1. The molecule has 1 heterocycles. The molecule has 100 valence electrons. The van der Waals surface area contributed by atoms with Crippen LogP contribution in [-0.4, -0.2) is 35.5 Å². The minimum absolute atomic E-state index is 0.230. The molecule has 2 aliphatic rings. The van der Waals surface area contributed by atoms with Crippen molar-refractivity contribution in [1.82, 2.24) is 4.90 Å². The van der Waals surface area contributed by atoms with E-state index in [-0.39, 0.29) is 11.3 Å². The van der Waals surface area contributed by atoms with E-state index in [9.17, 15) is 9.59 Å². The monoisotopic (exact) mass is 259 g/mol. The van der Waals surface area contributed by atoms with E-state index in [0.29, 0.717) is 5.56 Å². The summed E-state index contributed by atoms with van der Waals surface area (Å²) in [5.41, 5.74) is 2.34. The van der Waals surface area contributed by atoms with Crippen LogP contribution in [0.3, 0.4) is 0 Å². The van der Waals surface area contributed by atoms with Crippen molar-refractivity contribution in [1.29, 1.82) is 0 Å². The Kier molecular flexibility index (Phi) is 2.62. The largest absolute Gasteiger partial charge is 0.478 e. The molecule has 1 N–H and O–H groups in total. The second-order valence-electron chi connectivity index (χ2n) is 5.72. The number of hydrogen-bond acceptors (Lipinski definition) is 2. The fraction of sp³-hybridized carbons (Fsp3) is 0.467. The molecular formula is C15H17NO3. The molecule has 1 saturated heterocycles. The van der Waals surface area contributed by atoms with Gasteiger partial charge in [-0.3, -0.25) is 4.79 Å². The van der Waals surface area contributed by atoms with Gasteiger partial charge in [0.1, 0.15) is 0 Å². The first-order valence-corrected chi connectivity index (χ1v) is 6.62. The molecule has 1 amide bonds. The number of carboxylic acid groups (broad SMARTS) is 1. The average Bonchev–Trinajstić information content (AvgIpc) is 2.67. The van der Waals surface area contributed by atoms with Crippen LogP contribution in [0.1, 0.15) is 34.3 Å². The molecule has 1 aromatic rings. The highest BCUT2D eigenvalue weighted by Crippen LogP contribution is 2.43. The number of carbonyl (C=O) groups excluding carboxylic acids is 1. The zero-order valence-electron chi connectivity index (χ0n) is 11.0. The lowest BCUT2D eigenvalue weighted by atomic mass is 9.70. The molecule has 3 rings (SSSR count). The first kappa shape index (κ1) is 12.2. The van der Waals surface area contributed by atoms with E-state index < -0.39 is 5.97 Å². The highest BCUT2D eigenvalue weighted by Gasteiger charge is 2.46. The zero-order valence-corrected chi connectivity index (χ0v) is 11.0. The van der Waals surface area contributed by atoms with Gasteiger partial charge in [-0.15, -0.1) is 0 Å². The topological polar surface area (TPSA) is 57.6 Å². The molecule has 1 aromatic carbocycles. The Bertz CT molecular complexity index is 567. The maximum Gasteiger partial charge on any atom is 0.335 e. The maximum atomic E-state index is 12.3. The molecular weight excluding hydrogens is 242 g/mol. The number of hydrogen-bond donors (Lipinski definition) is 1. The Morgan fingerprint density at radius 3 is 2.74 bits per heavy atom. The van der Waals surface area contributed by atoms with Gasteiger partial charge in [0.2, 0.25) is 5.91 Å². The van der Waals surface area contributed by atoms with E-state index >= 15 is 0 Å². The van der Waals surface area contributed by atoms with Crippen LogP contribution in [0.5, 0.6) is 0 Å². The van der Waals surface area contributed by atoms with Gasteiger partial charge in [-0.2, -0.15) is 0 Å². The molecule has 0 aromatic heterocycles. The van der Waals surface area contributed by atoms with Gasteiger partial charge in [0, 0.05) is 13.6 Å². The predicted molar refractivity (Wildman–Crippen MR) is 70.1 cm³/mol. The highest BCUT2D eigenvalue weighted by molar-refractivity contribution is 5.88. The van der Waals surface area contributed by atoms with Crippen molar-refractivity contribution in [2.75, 3.05) is 13.6 Å². The number of likely N-dealkylation sites (tertiary alicyclic amines) is 1. The highest BCUT2D eigenvalue weighted by atomic mass is 16.4. The lowest BCUT2D eigenvalue weighted by Gasteiger charge is -2.32. The molecule has 4 nitrogen and oxygen atoms in total. The van der Waals surface area contributed by atoms with Crippen molar-refractivity contribution in [2.45, 2.75) is 25.7 Å². The van der Waals surface area contributed by atoms with Crippen LogP contribution in [0.25, 0.3) is 0 Å². The maximum absolute atomic E-state index is 12.3. The normalized spacial score (nSPS) is 25.7. The van der Waals surface area contributed by atoms with Crippen LogP contribution in [0.4, 0.5) is 0 Å². The second kappa shape index (κ2) is 4.08. The molecule has 4 heteroatoms. The van der Waals surface area contributed by atoms with Gasteiger partial charge in [0.05, 0.1) is 11.0 Å². The SMILES string of the molecule is CN1CC[C@]2(CCc3cc(C(=O)O)ccc3C2)C1=O. The summed E-state index contributed by atoms with van der Waals surface area (Å²) in [6.07, 6.45) is 3.32. The first-order chi connectivity index (χ1) is 9.02. The summed E-state index contributed by atoms with van der Waals surface area (Å²) in [4.78, 5) is 25.1. The van der Waals surface area contributed by atoms with Crippen molar-refractivity contribution >= 4 is 11.9 Å². The summed E-state index contributed by atoms with van der Waals surface area (Å²) < 4.78 is 0. The summed E-state index contributed by atoms with van der Waals surface area (Å²) in [5, 5.41) is 9.01. The van der Waals surface area contributed by atoms with Crippen LogP contribution in [0.2, 0.25) is 0 Å². The van der Waals surface area contributed by atoms with Crippen LogP contribution in [0, 0.1) is 5.41 Å². The molecule has 19 heavy (non-hydrogen) atoms. The van der Waals surface area contributed by atoms with E-state index in [1.165, 1.54) is 0 Å². The molecule has 0 unspecified atom stereocenters. The van der Waals surface area contributed by atoms with Gasteiger partial charge in [-0.1, -0.05) is 6.07 Å². The second-order valence-corrected chi connectivity index (χ2v) is 5.72. The van der Waals surface area contributed by atoms with Gasteiger partial charge in [-0.25, -0.2) is 4.79 Å². The van der Waals surface area contributed by atoms with Crippen molar-refractivity contribution < 1.29 is 14.7 Å². The van der Waals surface area contributed by atoms with Crippen molar-refractivity contribution in [3.05, 3.63) is 34.9 Å². The van der Waals surface area contributed by atoms with E-state index in [4.69, 9.17) is 5.11 Å². The third kappa shape index (κ3) is 1.82. The van der Waals surface area contributed by atoms with Gasteiger partial charge in [0.25, 0.3) is 0 Å². The number of benzene rings is 1. The van der Waals surface area contributed by atoms with Crippen molar-refractivity contribution in [3.8, 4) is 0 Å². The third-order valence-electron chi connectivity index (χ3n) is 4.58. The molecule has 1 aliphatic carbocycles. The van der Waals surface area contributed by atoms with Gasteiger partial charge >= 0.3 is 5.97 Å². The lowest BCUT2D eigenvalue weighted by Crippen LogP contribution is -2.37. The Labute approximate surface area is 112 Å². The van der Waals surface area contributed by atoms with Crippen LogP contribution < -0.4 is 0 Å². The summed E-state index contributed by atoms with van der Waals surface area (Å²) in [5.74, 6) is -0.639. The Morgan fingerprint density at radius 2 is 2.11 bits per heavy atom. The average molecular weight is 259 g/mol. The van der Waals surface area contributed by atoms with Crippen LogP contribution >= 0.6 is 0 Å². The van der Waals surface area contributed by atoms with Gasteiger partial charge in [0.15, 0.2) is 0 Å². The molecule has 0 bridgehead atoms. The fourth-order valence-electron chi connectivity index (χ4n) is 3.38. The quantitative estimate of drug-likeness (QED) is 0.835. The third-order valence-corrected chi connectivity index (χ3v) is 4.58. The molecule has 1 spiro atoms. The minimum Gasteiger partial charge on any atom is -0.478 e. The molecule has 1 atom stereocenters. The summed E-state index contributed by atoms with van der Waals surface area (Å²) in [6.45, 7) is 0.835. The van der Waals surface area contributed by atoms with Crippen molar-refractivity contribution in [2.24, 2.45) is 5.41 Å². The van der Waals surface area contributed by atoms with E-state index in [1.54, 1.807) is 12.1 Å². The number of carbonyl (C=O) groups is 2. The molecule has 1 fully saturated rings. The number of aryl methyl sites for hydroxylation is 1. The Morgan fingerprint density at radius 1 is 1.32 bits per heavy atom. The van der Waals surface area contributed by atoms with Crippen LogP contribution in [-0.2, 0) is 17.6 Å². The van der Waals surface area contributed by atoms with Gasteiger partial charge < -0.3 is 10.0 Å². The summed E-state index contributed by atoms with van der Waals surface area (Å²) in [6, 6.07) is 5.28. The fourth-order valence-corrected chi connectivity index (χ4v) is 3.38. The number of nitrogens with zero attached hydrogens (tertiary/aromatic N) is 1. The number of rotatable bonds is 1. The number of fused-ring (bicyclic) bond motifs is 1. The summed E-state index contributed by atoms with van der Waals surface area (Å²) in [7, 11) is 1.86. The smallest absolute Gasteiger partial charge is 0.335 e. The summed E-state index contributed by atoms with van der Waals surface area (Å²) >= 11 is 0.